The molecular weight excluding hydrogens is 396 g/mol. The van der Waals surface area contributed by atoms with Crippen LogP contribution in [0.4, 0.5) is 4.79 Å². The molecule has 0 radical (unpaired) electrons. The first-order valence-electron chi connectivity index (χ1n) is 8.90. The van der Waals surface area contributed by atoms with Crippen molar-refractivity contribution in [2.45, 2.75) is 32.9 Å². The molecule has 2 N–H and O–H groups in total. The molecule has 7 nitrogen and oxygen atoms in total. The van der Waals surface area contributed by atoms with E-state index in [1.54, 1.807) is 50.2 Å². The Hall–Kier alpha value is -3.19. The van der Waals surface area contributed by atoms with Crippen LogP contribution in [0.1, 0.15) is 47.1 Å². The van der Waals surface area contributed by atoms with Crippen molar-refractivity contribution >= 4 is 35.3 Å². The minimum absolute atomic E-state index is 0.0127. The van der Waals surface area contributed by atoms with Crippen LogP contribution in [-0.2, 0) is 9.53 Å². The Morgan fingerprint density at radius 3 is 2.07 bits per heavy atom. The Balaban J connectivity index is 2.13. The highest BCUT2D eigenvalue weighted by Crippen LogP contribution is 2.18. The van der Waals surface area contributed by atoms with Crippen molar-refractivity contribution in [1.29, 1.82) is 0 Å². The highest BCUT2D eigenvalue weighted by Gasteiger charge is 2.24. The second-order valence-electron chi connectivity index (χ2n) is 6.55. The average molecular weight is 417 g/mol. The molecule has 2 aromatic rings. The van der Waals surface area contributed by atoms with Gasteiger partial charge in [0.1, 0.15) is 0 Å². The third kappa shape index (κ3) is 6.15. The maximum absolute atomic E-state index is 12.8. The summed E-state index contributed by atoms with van der Waals surface area (Å²) in [5.41, 5.74) is 0.495. The van der Waals surface area contributed by atoms with Gasteiger partial charge >= 0.3 is 12.0 Å². The number of ketones is 1. The number of hydrogen-bond acceptors (Lipinski definition) is 5. The van der Waals surface area contributed by atoms with E-state index in [-0.39, 0.29) is 23.0 Å². The van der Waals surface area contributed by atoms with Crippen LogP contribution in [0.15, 0.2) is 48.5 Å². The highest BCUT2D eigenvalue weighted by atomic mass is 35.5. The predicted molar refractivity (Wildman–Crippen MR) is 108 cm³/mol. The lowest BCUT2D eigenvalue weighted by atomic mass is 9.98. The summed E-state index contributed by atoms with van der Waals surface area (Å²) in [6.45, 7) is 4.81. The number of nitrogens with one attached hydrogen (secondary N) is 2. The first-order chi connectivity index (χ1) is 13.7. The summed E-state index contributed by atoms with van der Waals surface area (Å²) in [6.07, 6.45) is -1.24. The van der Waals surface area contributed by atoms with E-state index in [9.17, 15) is 19.2 Å². The first kappa shape index (κ1) is 22.1. The zero-order valence-electron chi connectivity index (χ0n) is 16.2. The van der Waals surface area contributed by atoms with Gasteiger partial charge in [-0.05, 0) is 51.1 Å². The number of imide groups is 1. The Bertz CT molecular complexity index is 925. The summed E-state index contributed by atoms with van der Waals surface area (Å²) in [6, 6.07) is 11.5. The van der Waals surface area contributed by atoms with Gasteiger partial charge in [0.15, 0.2) is 11.9 Å². The van der Waals surface area contributed by atoms with Crippen LogP contribution in [-0.4, -0.2) is 35.8 Å². The number of ether oxygens (including phenoxy) is 1. The van der Waals surface area contributed by atoms with Gasteiger partial charge < -0.3 is 10.1 Å². The van der Waals surface area contributed by atoms with Crippen LogP contribution >= 0.6 is 11.6 Å². The Labute approximate surface area is 173 Å². The third-order valence-electron chi connectivity index (χ3n) is 3.81. The number of esters is 1. The summed E-state index contributed by atoms with van der Waals surface area (Å²) in [4.78, 5) is 49.0. The molecule has 1 atom stereocenters. The van der Waals surface area contributed by atoms with Gasteiger partial charge in [0.25, 0.3) is 5.91 Å². The number of halogens is 1. The zero-order valence-corrected chi connectivity index (χ0v) is 16.9. The van der Waals surface area contributed by atoms with Gasteiger partial charge in [-0.25, -0.2) is 9.59 Å². The molecule has 2 rings (SSSR count). The van der Waals surface area contributed by atoms with E-state index in [0.29, 0.717) is 10.6 Å². The van der Waals surface area contributed by atoms with E-state index in [0.717, 1.165) is 0 Å². The molecule has 0 unspecified atom stereocenters. The maximum atomic E-state index is 12.8. The van der Waals surface area contributed by atoms with Gasteiger partial charge in [-0.15, -0.1) is 0 Å². The van der Waals surface area contributed by atoms with Gasteiger partial charge in [0, 0.05) is 22.2 Å². The molecule has 2 aromatic carbocycles. The standard InChI is InChI=1S/C21H21ClN2O5/c1-12(2)23-21(28)24-19(26)13(3)29-20(27)17-7-5-4-6-16(17)18(25)14-8-10-15(22)11-9-14/h4-13H,1-3H3,(H2,23,24,26,28)/t13-/m0/s1. The Kier molecular flexibility index (Phi) is 7.50. The lowest BCUT2D eigenvalue weighted by molar-refractivity contribution is -0.127. The summed E-state index contributed by atoms with van der Waals surface area (Å²) in [5, 5.41) is 5.07. The van der Waals surface area contributed by atoms with Gasteiger partial charge in [-0.3, -0.25) is 14.9 Å². The molecule has 0 aliphatic carbocycles. The van der Waals surface area contributed by atoms with Crippen molar-refractivity contribution in [2.75, 3.05) is 0 Å². The SMILES string of the molecule is CC(C)NC(=O)NC(=O)[C@H](C)OC(=O)c1ccccc1C(=O)c1ccc(Cl)cc1. The van der Waals surface area contributed by atoms with Crippen LogP contribution in [0.3, 0.4) is 0 Å². The number of carbonyl (C=O) groups excluding carboxylic acids is 4. The molecule has 0 aliphatic heterocycles. The second-order valence-corrected chi connectivity index (χ2v) is 6.98. The minimum Gasteiger partial charge on any atom is -0.449 e. The summed E-state index contributed by atoms with van der Waals surface area (Å²) >= 11 is 5.84. The Morgan fingerprint density at radius 1 is 0.897 bits per heavy atom. The topological polar surface area (TPSA) is 102 Å². The zero-order chi connectivity index (χ0) is 21.6. The molecule has 0 heterocycles. The summed E-state index contributed by atoms with van der Waals surface area (Å²) in [7, 11) is 0. The summed E-state index contributed by atoms with van der Waals surface area (Å²) < 4.78 is 5.15. The largest absolute Gasteiger partial charge is 0.449 e. The molecule has 0 bridgehead atoms. The molecule has 0 spiro atoms. The number of carbonyl (C=O) groups is 4. The number of rotatable bonds is 6. The molecular formula is C21H21ClN2O5. The lowest BCUT2D eigenvalue weighted by Gasteiger charge is -2.15. The molecule has 152 valence electrons. The van der Waals surface area contributed by atoms with Crippen LogP contribution in [0.2, 0.25) is 5.02 Å². The minimum atomic E-state index is -1.24. The van der Waals surface area contributed by atoms with Gasteiger partial charge in [0.2, 0.25) is 0 Å². The van der Waals surface area contributed by atoms with E-state index in [4.69, 9.17) is 16.3 Å². The number of hydrogen-bond donors (Lipinski definition) is 2. The van der Waals surface area contributed by atoms with Crippen LogP contribution in [0.5, 0.6) is 0 Å². The van der Waals surface area contributed by atoms with E-state index in [1.807, 2.05) is 0 Å². The predicted octanol–water partition coefficient (Wildman–Crippen LogP) is 3.35. The normalized spacial score (nSPS) is 11.5. The fourth-order valence-electron chi connectivity index (χ4n) is 2.41. The quantitative estimate of drug-likeness (QED) is 0.555. The van der Waals surface area contributed by atoms with Crippen molar-refractivity contribution in [3.8, 4) is 0 Å². The Morgan fingerprint density at radius 2 is 1.48 bits per heavy atom. The van der Waals surface area contributed by atoms with E-state index < -0.39 is 24.0 Å². The summed E-state index contributed by atoms with van der Waals surface area (Å²) in [5.74, 6) is -2.02. The van der Waals surface area contributed by atoms with Crippen molar-refractivity contribution < 1.29 is 23.9 Å². The average Bonchev–Trinajstić information content (AvgIpc) is 2.67. The molecule has 0 fully saturated rings. The van der Waals surface area contributed by atoms with Gasteiger partial charge in [-0.2, -0.15) is 0 Å². The molecule has 0 aliphatic rings. The lowest BCUT2D eigenvalue weighted by Crippen LogP contribution is -2.46. The molecule has 0 aromatic heterocycles. The second kappa shape index (κ2) is 9.84. The van der Waals surface area contributed by atoms with Crippen LogP contribution < -0.4 is 10.6 Å². The van der Waals surface area contributed by atoms with Crippen LogP contribution in [0.25, 0.3) is 0 Å². The van der Waals surface area contributed by atoms with E-state index in [2.05, 4.69) is 10.6 Å². The monoisotopic (exact) mass is 416 g/mol. The van der Waals surface area contributed by atoms with Crippen molar-refractivity contribution in [1.82, 2.24) is 10.6 Å². The first-order valence-corrected chi connectivity index (χ1v) is 9.28. The molecule has 3 amide bonds. The fourth-order valence-corrected chi connectivity index (χ4v) is 2.53. The van der Waals surface area contributed by atoms with Crippen molar-refractivity contribution in [3.05, 3.63) is 70.2 Å². The van der Waals surface area contributed by atoms with Crippen molar-refractivity contribution in [3.63, 3.8) is 0 Å². The number of amides is 3. The highest BCUT2D eigenvalue weighted by molar-refractivity contribution is 6.30. The molecule has 0 saturated carbocycles. The van der Waals surface area contributed by atoms with E-state index >= 15 is 0 Å². The number of benzene rings is 2. The fraction of sp³-hybridized carbons (Fsp3) is 0.238. The van der Waals surface area contributed by atoms with Gasteiger partial charge in [-0.1, -0.05) is 29.8 Å². The third-order valence-corrected chi connectivity index (χ3v) is 4.06. The maximum Gasteiger partial charge on any atom is 0.339 e. The molecule has 29 heavy (non-hydrogen) atoms. The van der Waals surface area contributed by atoms with Gasteiger partial charge in [0.05, 0.1) is 5.56 Å². The van der Waals surface area contributed by atoms with Crippen molar-refractivity contribution in [2.24, 2.45) is 0 Å². The van der Waals surface area contributed by atoms with E-state index in [1.165, 1.54) is 19.1 Å². The molecule has 8 heteroatoms. The molecule has 0 saturated heterocycles. The van der Waals surface area contributed by atoms with Crippen LogP contribution in [0, 0.1) is 0 Å². The smallest absolute Gasteiger partial charge is 0.339 e. The number of urea groups is 1.